The molecule has 0 amide bonds. The molecule has 0 aromatic heterocycles. The number of carbonyl (C=O) groups is 3. The van der Waals surface area contributed by atoms with Gasteiger partial charge in [-0.15, -0.1) is 0 Å². The van der Waals surface area contributed by atoms with E-state index in [1.165, 1.54) is 205 Å². The maximum Gasteiger partial charge on any atom is 0.306 e. The van der Waals surface area contributed by atoms with Crippen molar-refractivity contribution in [1.82, 2.24) is 0 Å². The normalized spacial score (nSPS) is 12.3. The first-order valence-corrected chi connectivity index (χ1v) is 29.2. The van der Waals surface area contributed by atoms with E-state index in [2.05, 4.69) is 69.4 Å². The number of hydrogen-bond acceptors (Lipinski definition) is 6. The number of ether oxygens (including phenoxy) is 3. The second-order valence-electron chi connectivity index (χ2n) is 19.6. The lowest BCUT2D eigenvalue weighted by Gasteiger charge is -2.18. The van der Waals surface area contributed by atoms with Crippen LogP contribution in [0.15, 0.2) is 48.6 Å². The van der Waals surface area contributed by atoms with Crippen LogP contribution in [0.2, 0.25) is 0 Å². The van der Waals surface area contributed by atoms with E-state index in [9.17, 15) is 14.4 Å². The fourth-order valence-corrected chi connectivity index (χ4v) is 8.36. The minimum absolute atomic E-state index is 0.0763. The average Bonchev–Trinajstić information content (AvgIpc) is 3.33. The molecule has 0 rings (SSSR count). The van der Waals surface area contributed by atoms with Crippen LogP contribution in [0.1, 0.15) is 303 Å². The highest BCUT2D eigenvalue weighted by molar-refractivity contribution is 5.71. The highest BCUT2D eigenvalue weighted by Crippen LogP contribution is 2.16. The third-order valence-corrected chi connectivity index (χ3v) is 12.8. The Morgan fingerprint density at radius 1 is 0.299 bits per heavy atom. The summed E-state index contributed by atoms with van der Waals surface area (Å²) in [6, 6.07) is 0. The van der Waals surface area contributed by atoms with Gasteiger partial charge >= 0.3 is 17.9 Å². The van der Waals surface area contributed by atoms with Crippen LogP contribution in [0.3, 0.4) is 0 Å². The second kappa shape index (κ2) is 56.0. The number of carbonyl (C=O) groups excluding carboxylic acids is 3. The van der Waals surface area contributed by atoms with Crippen LogP contribution >= 0.6 is 0 Å². The van der Waals surface area contributed by atoms with E-state index in [4.69, 9.17) is 14.2 Å². The van der Waals surface area contributed by atoms with Crippen LogP contribution in [0, 0.1) is 0 Å². The van der Waals surface area contributed by atoms with Crippen molar-refractivity contribution in [2.75, 3.05) is 13.2 Å². The molecule has 0 aliphatic heterocycles. The highest BCUT2D eigenvalue weighted by Gasteiger charge is 2.19. The summed E-state index contributed by atoms with van der Waals surface area (Å²) in [7, 11) is 0. The van der Waals surface area contributed by atoms with Crippen molar-refractivity contribution in [3.8, 4) is 0 Å². The molecule has 6 heteroatoms. The van der Waals surface area contributed by atoms with Crippen LogP contribution in [-0.2, 0) is 28.6 Å². The Morgan fingerprint density at radius 3 is 0.866 bits per heavy atom. The van der Waals surface area contributed by atoms with E-state index < -0.39 is 6.10 Å². The molecule has 0 saturated carbocycles. The first-order chi connectivity index (χ1) is 33.0. The van der Waals surface area contributed by atoms with E-state index in [0.29, 0.717) is 19.3 Å². The number of rotatable bonds is 53. The standard InChI is InChI=1S/C61H110O6/c1-4-7-10-13-16-19-22-25-28-29-30-31-34-36-39-42-45-48-51-54-60(63)66-57-58(67-61(64)55-52-49-46-43-40-37-33-27-24-21-18-15-12-9-6-3)56-65-59(62)53-50-47-44-41-38-35-32-26-23-20-17-14-11-8-5-2/h16,19-25,58H,4-15,17-18,26-57H2,1-3H3/b19-16-,23-20-,24-21-,25-22-. The Labute approximate surface area is 416 Å². The van der Waals surface area contributed by atoms with Gasteiger partial charge in [0.1, 0.15) is 13.2 Å². The molecule has 0 aliphatic rings. The summed E-state index contributed by atoms with van der Waals surface area (Å²) >= 11 is 0. The van der Waals surface area contributed by atoms with E-state index in [-0.39, 0.29) is 31.1 Å². The molecule has 390 valence electrons. The van der Waals surface area contributed by atoms with Gasteiger partial charge in [-0.3, -0.25) is 14.4 Å². The molecule has 0 bridgehead atoms. The van der Waals surface area contributed by atoms with Gasteiger partial charge in [0.2, 0.25) is 0 Å². The molecule has 1 unspecified atom stereocenters. The van der Waals surface area contributed by atoms with Crippen LogP contribution in [-0.4, -0.2) is 37.2 Å². The third-order valence-electron chi connectivity index (χ3n) is 12.8. The number of hydrogen-bond donors (Lipinski definition) is 0. The van der Waals surface area contributed by atoms with Crippen molar-refractivity contribution in [2.24, 2.45) is 0 Å². The molecular formula is C61H110O6. The largest absolute Gasteiger partial charge is 0.462 e. The van der Waals surface area contributed by atoms with Gasteiger partial charge in [0.25, 0.3) is 0 Å². The fourth-order valence-electron chi connectivity index (χ4n) is 8.36. The monoisotopic (exact) mass is 939 g/mol. The number of allylic oxidation sites excluding steroid dienone is 8. The predicted octanol–water partition coefficient (Wildman–Crippen LogP) is 19.4. The highest BCUT2D eigenvalue weighted by atomic mass is 16.6. The minimum Gasteiger partial charge on any atom is -0.462 e. The molecule has 0 saturated heterocycles. The summed E-state index contributed by atoms with van der Waals surface area (Å²) in [6.45, 7) is 6.61. The van der Waals surface area contributed by atoms with Crippen LogP contribution in [0.4, 0.5) is 0 Å². The van der Waals surface area contributed by atoms with Crippen molar-refractivity contribution in [3.63, 3.8) is 0 Å². The van der Waals surface area contributed by atoms with Crippen LogP contribution in [0.5, 0.6) is 0 Å². The van der Waals surface area contributed by atoms with Crippen molar-refractivity contribution in [1.29, 1.82) is 0 Å². The van der Waals surface area contributed by atoms with E-state index in [1.807, 2.05) is 0 Å². The van der Waals surface area contributed by atoms with Gasteiger partial charge in [0.15, 0.2) is 6.10 Å². The molecule has 0 radical (unpaired) electrons. The van der Waals surface area contributed by atoms with Gasteiger partial charge in [0.05, 0.1) is 0 Å². The summed E-state index contributed by atoms with van der Waals surface area (Å²) in [5.74, 6) is -0.875. The van der Waals surface area contributed by atoms with Crippen molar-refractivity contribution in [3.05, 3.63) is 48.6 Å². The maximum atomic E-state index is 12.8. The lowest BCUT2D eigenvalue weighted by Crippen LogP contribution is -2.30. The quantitative estimate of drug-likeness (QED) is 0.0199. The number of esters is 3. The molecule has 0 aromatic carbocycles. The predicted molar refractivity (Wildman–Crippen MR) is 289 cm³/mol. The van der Waals surface area contributed by atoms with E-state index in [1.54, 1.807) is 0 Å². The van der Waals surface area contributed by atoms with Crippen molar-refractivity contribution >= 4 is 17.9 Å². The Bertz CT molecular complexity index is 1170. The zero-order valence-corrected chi connectivity index (χ0v) is 44.7. The average molecular weight is 940 g/mol. The fraction of sp³-hybridized carbons (Fsp3) is 0.820. The molecule has 1 atom stereocenters. The van der Waals surface area contributed by atoms with Gasteiger partial charge in [-0.05, 0) is 96.3 Å². The summed E-state index contributed by atoms with van der Waals surface area (Å²) in [5.41, 5.74) is 0. The molecule has 0 heterocycles. The summed E-state index contributed by atoms with van der Waals surface area (Å²) < 4.78 is 16.9. The molecule has 6 nitrogen and oxygen atoms in total. The Kier molecular flexibility index (Phi) is 53.8. The number of unbranched alkanes of at least 4 members (excludes halogenated alkanes) is 35. The summed E-state index contributed by atoms with van der Waals surface area (Å²) in [4.78, 5) is 38.2. The Hall–Kier alpha value is -2.63. The molecule has 0 aromatic rings. The van der Waals surface area contributed by atoms with Crippen LogP contribution in [0.25, 0.3) is 0 Å². The zero-order chi connectivity index (χ0) is 48.6. The smallest absolute Gasteiger partial charge is 0.306 e. The first-order valence-electron chi connectivity index (χ1n) is 29.2. The molecule has 0 fully saturated rings. The Morgan fingerprint density at radius 2 is 0.537 bits per heavy atom. The van der Waals surface area contributed by atoms with E-state index in [0.717, 1.165) is 57.8 Å². The maximum absolute atomic E-state index is 12.8. The molecule has 0 aliphatic carbocycles. The topological polar surface area (TPSA) is 78.9 Å². The van der Waals surface area contributed by atoms with Gasteiger partial charge in [-0.2, -0.15) is 0 Å². The summed E-state index contributed by atoms with van der Waals surface area (Å²) in [6.07, 6.45) is 68.1. The van der Waals surface area contributed by atoms with Crippen molar-refractivity contribution in [2.45, 2.75) is 309 Å². The summed E-state index contributed by atoms with van der Waals surface area (Å²) in [5, 5.41) is 0. The third kappa shape index (κ3) is 54.2. The lowest BCUT2D eigenvalue weighted by atomic mass is 10.1. The van der Waals surface area contributed by atoms with Crippen LogP contribution < -0.4 is 0 Å². The molecule has 0 N–H and O–H groups in total. The van der Waals surface area contributed by atoms with Gasteiger partial charge < -0.3 is 14.2 Å². The zero-order valence-electron chi connectivity index (χ0n) is 44.7. The molecule has 0 spiro atoms. The van der Waals surface area contributed by atoms with Gasteiger partial charge in [-0.25, -0.2) is 0 Å². The van der Waals surface area contributed by atoms with E-state index >= 15 is 0 Å². The molecule has 67 heavy (non-hydrogen) atoms. The SMILES string of the molecule is CCCCC/C=C\C=C/CCCCCCCCCCCCC(=O)OCC(COC(=O)CCCCCCCCC/C=C\CCCCCC)OC(=O)CCCCCCCCC/C=C\CCCCCC. The van der Waals surface area contributed by atoms with Crippen molar-refractivity contribution < 1.29 is 28.6 Å². The van der Waals surface area contributed by atoms with Gasteiger partial charge in [0, 0.05) is 19.3 Å². The Balaban J connectivity index is 4.35. The second-order valence-corrected chi connectivity index (χ2v) is 19.6. The van der Waals surface area contributed by atoms with Gasteiger partial charge in [-0.1, -0.05) is 236 Å². The first kappa shape index (κ1) is 64.4. The lowest BCUT2D eigenvalue weighted by molar-refractivity contribution is -0.167. The minimum atomic E-state index is -0.777. The molecular weight excluding hydrogens is 829 g/mol.